The number of hydrogen-bond donors (Lipinski definition) is 0. The smallest absolute Gasteiger partial charge is 0.358 e. The van der Waals surface area contributed by atoms with Gasteiger partial charge in [-0.05, 0) is 0 Å². The van der Waals surface area contributed by atoms with Crippen molar-refractivity contribution in [2.75, 3.05) is 0 Å². The summed E-state index contributed by atoms with van der Waals surface area (Å²) in [5.74, 6) is 0. The second-order valence-electron chi connectivity index (χ2n) is 2.16. The van der Waals surface area contributed by atoms with Gasteiger partial charge in [0, 0.05) is 0 Å². The predicted molar refractivity (Wildman–Crippen MR) is 51.4 cm³/mol. The SMILES string of the molecule is CCCc1cc[c-]cc1.[CH3-].[Mg+2]. The third kappa shape index (κ3) is 5.28. The van der Waals surface area contributed by atoms with E-state index in [1.54, 1.807) is 0 Å². The first kappa shape index (κ1) is 13.6. The molecule has 0 N–H and O–H groups in total. The Kier molecular flexibility index (Phi) is 9.97. The van der Waals surface area contributed by atoms with E-state index in [-0.39, 0.29) is 30.5 Å². The molecule has 1 rings (SSSR count). The van der Waals surface area contributed by atoms with Crippen molar-refractivity contribution < 1.29 is 0 Å². The molecule has 1 heteroatoms. The van der Waals surface area contributed by atoms with E-state index in [9.17, 15) is 0 Å². The van der Waals surface area contributed by atoms with Gasteiger partial charge in [0.1, 0.15) is 0 Å². The molecule has 0 aliphatic heterocycles. The summed E-state index contributed by atoms with van der Waals surface area (Å²) in [6.07, 6.45) is 2.42. The Morgan fingerprint density at radius 2 is 1.82 bits per heavy atom. The maximum atomic E-state index is 2.99. The van der Waals surface area contributed by atoms with E-state index in [4.69, 9.17) is 0 Å². The van der Waals surface area contributed by atoms with Crippen LogP contribution >= 0.6 is 0 Å². The molecule has 0 unspecified atom stereocenters. The van der Waals surface area contributed by atoms with E-state index >= 15 is 0 Å². The minimum Gasteiger partial charge on any atom is -0.358 e. The van der Waals surface area contributed by atoms with Gasteiger partial charge in [-0.3, -0.25) is 0 Å². The van der Waals surface area contributed by atoms with Crippen LogP contribution in [0.2, 0.25) is 0 Å². The molecule has 1 aromatic rings. The molecule has 0 saturated heterocycles. The van der Waals surface area contributed by atoms with Crippen LogP contribution in [0.3, 0.4) is 0 Å². The monoisotopic (exact) mass is 158 g/mol. The Morgan fingerprint density at radius 1 is 1.27 bits per heavy atom. The van der Waals surface area contributed by atoms with Crippen molar-refractivity contribution in [1.29, 1.82) is 0 Å². The predicted octanol–water partition coefficient (Wildman–Crippen LogP) is 2.51. The molecule has 0 fully saturated rings. The van der Waals surface area contributed by atoms with Crippen LogP contribution in [0.15, 0.2) is 24.3 Å². The van der Waals surface area contributed by atoms with Crippen molar-refractivity contribution >= 4 is 23.1 Å². The molecular formula is C10H14Mg. The van der Waals surface area contributed by atoms with Crippen LogP contribution in [-0.4, -0.2) is 23.1 Å². The molecule has 0 aliphatic rings. The third-order valence-corrected chi connectivity index (χ3v) is 1.33. The van der Waals surface area contributed by atoms with E-state index in [2.05, 4.69) is 25.1 Å². The number of hydrogen-bond acceptors (Lipinski definition) is 0. The molecule has 0 atom stereocenters. The molecular weight excluding hydrogens is 144 g/mol. The van der Waals surface area contributed by atoms with Crippen LogP contribution in [0.1, 0.15) is 18.9 Å². The van der Waals surface area contributed by atoms with Crippen LogP contribution in [0.5, 0.6) is 0 Å². The van der Waals surface area contributed by atoms with E-state index in [1.807, 2.05) is 12.1 Å². The Labute approximate surface area is 86.2 Å². The van der Waals surface area contributed by atoms with E-state index in [1.165, 1.54) is 18.4 Å². The van der Waals surface area contributed by atoms with Crippen molar-refractivity contribution in [2.24, 2.45) is 0 Å². The van der Waals surface area contributed by atoms with E-state index in [0.717, 1.165) is 0 Å². The summed E-state index contributed by atoms with van der Waals surface area (Å²) in [6.45, 7) is 2.19. The zero-order valence-corrected chi connectivity index (χ0v) is 8.84. The Hall–Kier alpha value is -0.0138. The second-order valence-corrected chi connectivity index (χ2v) is 2.16. The van der Waals surface area contributed by atoms with Crippen LogP contribution in [0.25, 0.3) is 0 Å². The molecule has 0 saturated carbocycles. The fourth-order valence-electron chi connectivity index (χ4n) is 0.877. The summed E-state index contributed by atoms with van der Waals surface area (Å²) in [6, 6.07) is 11.1. The number of rotatable bonds is 2. The fraction of sp³-hybridized carbons (Fsp3) is 0.300. The molecule has 1 aromatic carbocycles. The van der Waals surface area contributed by atoms with Crippen LogP contribution in [0, 0.1) is 13.5 Å². The molecule has 0 aromatic heterocycles. The van der Waals surface area contributed by atoms with Crippen molar-refractivity contribution in [3.63, 3.8) is 0 Å². The normalized spacial score (nSPS) is 7.73. The third-order valence-electron chi connectivity index (χ3n) is 1.33. The van der Waals surface area contributed by atoms with Gasteiger partial charge in [0.2, 0.25) is 0 Å². The Balaban J connectivity index is 0. The molecule has 0 nitrogen and oxygen atoms in total. The minimum atomic E-state index is 0. The van der Waals surface area contributed by atoms with Gasteiger partial charge in [-0.25, -0.2) is 0 Å². The molecule has 56 valence electrons. The van der Waals surface area contributed by atoms with Gasteiger partial charge in [0.05, 0.1) is 0 Å². The van der Waals surface area contributed by atoms with Crippen molar-refractivity contribution in [1.82, 2.24) is 0 Å². The van der Waals surface area contributed by atoms with Gasteiger partial charge in [-0.2, -0.15) is 35.9 Å². The average Bonchev–Trinajstić information content (AvgIpc) is 1.91. The van der Waals surface area contributed by atoms with Gasteiger partial charge in [-0.15, -0.1) is 0 Å². The maximum absolute atomic E-state index is 2.99. The average molecular weight is 159 g/mol. The molecule has 0 spiro atoms. The van der Waals surface area contributed by atoms with Gasteiger partial charge < -0.3 is 7.43 Å². The van der Waals surface area contributed by atoms with Gasteiger partial charge in [0.25, 0.3) is 0 Å². The molecule has 0 bridgehead atoms. The molecule has 0 aliphatic carbocycles. The molecule has 11 heavy (non-hydrogen) atoms. The number of benzene rings is 1. The van der Waals surface area contributed by atoms with E-state index < -0.39 is 0 Å². The summed E-state index contributed by atoms with van der Waals surface area (Å²) in [4.78, 5) is 0. The van der Waals surface area contributed by atoms with Crippen molar-refractivity contribution in [2.45, 2.75) is 19.8 Å². The topological polar surface area (TPSA) is 0 Å². The van der Waals surface area contributed by atoms with E-state index in [0.29, 0.717) is 0 Å². The van der Waals surface area contributed by atoms with Crippen molar-refractivity contribution in [3.05, 3.63) is 43.3 Å². The first-order valence-electron chi connectivity index (χ1n) is 3.38. The summed E-state index contributed by atoms with van der Waals surface area (Å²) < 4.78 is 0. The first-order valence-corrected chi connectivity index (χ1v) is 3.38. The Morgan fingerprint density at radius 3 is 2.27 bits per heavy atom. The van der Waals surface area contributed by atoms with Crippen molar-refractivity contribution in [3.8, 4) is 0 Å². The maximum Gasteiger partial charge on any atom is 2.00 e. The Bertz CT molecular complexity index is 158. The molecule has 0 amide bonds. The van der Waals surface area contributed by atoms with Gasteiger partial charge >= 0.3 is 23.1 Å². The first-order chi connectivity index (χ1) is 4.43. The zero-order valence-electron chi connectivity index (χ0n) is 7.43. The quantitative estimate of drug-likeness (QED) is 0.458. The zero-order chi connectivity index (χ0) is 6.53. The van der Waals surface area contributed by atoms with Gasteiger partial charge in [0.15, 0.2) is 0 Å². The van der Waals surface area contributed by atoms with Gasteiger partial charge in [-0.1, -0.05) is 19.8 Å². The summed E-state index contributed by atoms with van der Waals surface area (Å²) in [7, 11) is 0. The number of aryl methyl sites for hydroxylation is 1. The van der Waals surface area contributed by atoms with Crippen LogP contribution < -0.4 is 0 Å². The standard InChI is InChI=1S/C9H11.CH3.Mg/c1-2-6-9-7-4-3-5-8-9;;/h4-5,7-8H,2,6H2,1H3;1H3;/q2*-1;+2. The minimum absolute atomic E-state index is 0. The largest absolute Gasteiger partial charge is 2.00 e. The fourth-order valence-corrected chi connectivity index (χ4v) is 0.877. The molecule has 0 radical (unpaired) electrons. The summed E-state index contributed by atoms with van der Waals surface area (Å²) in [5.41, 5.74) is 1.41. The summed E-state index contributed by atoms with van der Waals surface area (Å²) in [5, 5.41) is 0. The van der Waals surface area contributed by atoms with Crippen LogP contribution in [0.4, 0.5) is 0 Å². The second kappa shape index (κ2) is 8.09. The summed E-state index contributed by atoms with van der Waals surface area (Å²) >= 11 is 0. The molecule has 0 heterocycles. The van der Waals surface area contributed by atoms with Crippen LogP contribution in [-0.2, 0) is 6.42 Å².